The number of anilines is 2. The number of aromatic nitrogens is 2. The zero-order chi connectivity index (χ0) is 19.4. The molecule has 9 heteroatoms. The molecule has 2 aromatic rings. The van der Waals surface area contributed by atoms with Gasteiger partial charge in [0.2, 0.25) is 11.8 Å². The molecule has 140 valence electrons. The first-order chi connectivity index (χ1) is 13.0. The Labute approximate surface area is 159 Å². The number of ether oxygens (including phenoxy) is 1. The van der Waals surface area contributed by atoms with Crippen molar-refractivity contribution in [3.05, 3.63) is 53.5 Å². The highest BCUT2D eigenvalue weighted by molar-refractivity contribution is 8.00. The van der Waals surface area contributed by atoms with Crippen LogP contribution in [0.4, 0.5) is 11.4 Å². The molecule has 0 saturated heterocycles. The van der Waals surface area contributed by atoms with Crippen molar-refractivity contribution in [1.82, 2.24) is 9.78 Å². The van der Waals surface area contributed by atoms with E-state index in [1.54, 1.807) is 30.3 Å². The van der Waals surface area contributed by atoms with Gasteiger partial charge in [-0.1, -0.05) is 18.2 Å². The lowest BCUT2D eigenvalue weighted by Gasteiger charge is -2.27. The van der Waals surface area contributed by atoms with Gasteiger partial charge in [-0.3, -0.25) is 14.4 Å². The van der Waals surface area contributed by atoms with Crippen molar-refractivity contribution in [3.8, 4) is 5.75 Å². The second-order valence-electron chi connectivity index (χ2n) is 5.65. The smallest absolute Gasteiger partial charge is 0.292 e. The quantitative estimate of drug-likeness (QED) is 0.757. The lowest BCUT2D eigenvalue weighted by Crippen LogP contribution is -2.42. The fourth-order valence-electron chi connectivity index (χ4n) is 2.67. The topological polar surface area (TPSA) is 93.5 Å². The Balaban J connectivity index is 1.86. The number of carbonyl (C=O) groups excluding carboxylic acids is 2. The Morgan fingerprint density at radius 2 is 2.19 bits per heavy atom. The third-order valence-electron chi connectivity index (χ3n) is 3.89. The molecule has 0 bridgehead atoms. The predicted molar refractivity (Wildman–Crippen MR) is 103 cm³/mol. The van der Waals surface area contributed by atoms with Crippen molar-refractivity contribution in [2.45, 2.75) is 11.4 Å². The predicted octanol–water partition coefficient (Wildman–Crippen LogP) is 1.52. The van der Waals surface area contributed by atoms with Crippen LogP contribution >= 0.6 is 11.8 Å². The van der Waals surface area contributed by atoms with E-state index in [4.69, 9.17) is 4.74 Å². The van der Waals surface area contributed by atoms with Crippen molar-refractivity contribution >= 4 is 35.0 Å². The Bertz CT molecular complexity index is 957. The highest BCUT2D eigenvalue weighted by Crippen LogP contribution is 2.31. The molecule has 27 heavy (non-hydrogen) atoms. The number of thioether (sulfide) groups is 1. The van der Waals surface area contributed by atoms with E-state index in [-0.39, 0.29) is 30.4 Å². The summed E-state index contributed by atoms with van der Waals surface area (Å²) in [5.74, 6) is 0.135. The molecule has 0 aliphatic carbocycles. The first-order valence-corrected chi connectivity index (χ1v) is 9.10. The third kappa shape index (κ3) is 3.87. The van der Waals surface area contributed by atoms with Crippen LogP contribution in [0.1, 0.15) is 0 Å². The van der Waals surface area contributed by atoms with Crippen LogP contribution in [-0.4, -0.2) is 41.0 Å². The van der Waals surface area contributed by atoms with Crippen LogP contribution in [0.2, 0.25) is 0 Å². The molecule has 3 rings (SSSR count). The molecule has 0 fully saturated rings. The summed E-state index contributed by atoms with van der Waals surface area (Å²) in [5.41, 5.74) is 0.233. The number of benzene rings is 1. The summed E-state index contributed by atoms with van der Waals surface area (Å²) >= 11 is 1.26. The van der Waals surface area contributed by atoms with Gasteiger partial charge in [0, 0.05) is 6.54 Å². The van der Waals surface area contributed by atoms with E-state index >= 15 is 0 Å². The van der Waals surface area contributed by atoms with Crippen LogP contribution in [-0.2, 0) is 16.1 Å². The van der Waals surface area contributed by atoms with Gasteiger partial charge in [-0.15, -0.1) is 18.3 Å². The van der Waals surface area contributed by atoms with Gasteiger partial charge in [0.25, 0.3) is 5.56 Å². The Hall–Kier alpha value is -3.07. The minimum absolute atomic E-state index is 0.180. The lowest BCUT2D eigenvalue weighted by atomic mass is 10.3. The normalized spacial score (nSPS) is 13.1. The van der Waals surface area contributed by atoms with Gasteiger partial charge in [-0.05, 0) is 12.1 Å². The van der Waals surface area contributed by atoms with Crippen molar-refractivity contribution in [3.63, 3.8) is 0 Å². The average molecular weight is 386 g/mol. The third-order valence-corrected chi connectivity index (χ3v) is 4.89. The molecule has 1 aliphatic rings. The molecule has 1 aromatic heterocycles. The lowest BCUT2D eigenvalue weighted by molar-refractivity contribution is -0.117. The maximum Gasteiger partial charge on any atom is 0.292 e. The molecule has 2 amide bonds. The summed E-state index contributed by atoms with van der Waals surface area (Å²) in [6, 6.07) is 6.96. The second-order valence-corrected chi connectivity index (χ2v) is 6.67. The van der Waals surface area contributed by atoms with Gasteiger partial charge in [0.05, 0.1) is 29.6 Å². The number of para-hydroxylation sites is 2. The molecule has 0 unspecified atom stereocenters. The van der Waals surface area contributed by atoms with Gasteiger partial charge in [0.15, 0.2) is 0 Å². The second kappa shape index (κ2) is 8.09. The van der Waals surface area contributed by atoms with E-state index < -0.39 is 11.5 Å². The van der Waals surface area contributed by atoms with E-state index in [1.165, 1.54) is 30.0 Å². The number of rotatable bonds is 6. The number of nitrogens with zero attached hydrogens (tertiary/aromatic N) is 3. The maximum absolute atomic E-state index is 12.8. The molecule has 0 spiro atoms. The average Bonchev–Trinajstić information content (AvgIpc) is 2.66. The van der Waals surface area contributed by atoms with Crippen molar-refractivity contribution < 1.29 is 14.3 Å². The molecular weight excluding hydrogens is 368 g/mol. The molecular formula is C18H18N4O4S. The van der Waals surface area contributed by atoms with E-state index in [0.717, 1.165) is 4.68 Å². The van der Waals surface area contributed by atoms with Gasteiger partial charge >= 0.3 is 0 Å². The minimum atomic E-state index is -0.495. The number of hydrogen-bond acceptors (Lipinski definition) is 6. The first kappa shape index (κ1) is 18.7. The number of fused-ring (bicyclic) bond motifs is 1. The van der Waals surface area contributed by atoms with Crippen LogP contribution in [0.25, 0.3) is 0 Å². The summed E-state index contributed by atoms with van der Waals surface area (Å²) in [5, 5.41) is 6.76. The number of carbonyl (C=O) groups is 2. The first-order valence-electron chi connectivity index (χ1n) is 8.12. The molecule has 2 heterocycles. The summed E-state index contributed by atoms with van der Waals surface area (Å²) in [6.45, 7) is 3.56. The van der Waals surface area contributed by atoms with E-state index in [1.807, 2.05) is 0 Å². The summed E-state index contributed by atoms with van der Waals surface area (Å²) < 4.78 is 6.23. The number of amides is 2. The van der Waals surface area contributed by atoms with Crippen LogP contribution < -0.4 is 20.5 Å². The van der Waals surface area contributed by atoms with Crippen molar-refractivity contribution in [2.24, 2.45) is 0 Å². The number of hydrogen-bond donors (Lipinski definition) is 1. The number of methoxy groups -OCH3 is 1. The largest absolute Gasteiger partial charge is 0.495 e. The van der Waals surface area contributed by atoms with E-state index in [9.17, 15) is 14.4 Å². The standard InChI is InChI=1S/C18H18N4O4S/c1-3-8-21-16(24)11-27-14-9-19-22(18(25)17(14)21)10-15(23)20-12-6-4-5-7-13(12)26-2/h3-7,9H,1,8,10-11H2,2H3,(H,20,23). The summed E-state index contributed by atoms with van der Waals surface area (Å²) in [6.07, 6.45) is 3.05. The highest BCUT2D eigenvalue weighted by atomic mass is 32.2. The minimum Gasteiger partial charge on any atom is -0.495 e. The zero-order valence-electron chi connectivity index (χ0n) is 14.7. The molecule has 1 N–H and O–H groups in total. The SMILES string of the molecule is C=CCN1C(=O)CSc2cnn(CC(=O)Nc3ccccc3OC)c(=O)c21. The monoisotopic (exact) mass is 386 g/mol. The zero-order valence-corrected chi connectivity index (χ0v) is 15.5. The maximum atomic E-state index is 12.8. The molecule has 1 aliphatic heterocycles. The summed E-state index contributed by atoms with van der Waals surface area (Å²) in [4.78, 5) is 39.3. The van der Waals surface area contributed by atoms with Crippen molar-refractivity contribution in [2.75, 3.05) is 29.6 Å². The van der Waals surface area contributed by atoms with Gasteiger partial charge < -0.3 is 15.0 Å². The van der Waals surface area contributed by atoms with E-state index in [2.05, 4.69) is 17.0 Å². The molecule has 0 atom stereocenters. The Morgan fingerprint density at radius 1 is 1.41 bits per heavy atom. The van der Waals surface area contributed by atoms with E-state index in [0.29, 0.717) is 16.3 Å². The van der Waals surface area contributed by atoms with Crippen molar-refractivity contribution in [1.29, 1.82) is 0 Å². The van der Waals surface area contributed by atoms with Gasteiger partial charge in [-0.25, -0.2) is 4.68 Å². The van der Waals surface area contributed by atoms with Gasteiger partial charge in [-0.2, -0.15) is 5.10 Å². The molecule has 8 nitrogen and oxygen atoms in total. The summed E-state index contributed by atoms with van der Waals surface area (Å²) in [7, 11) is 1.50. The van der Waals surface area contributed by atoms with Crippen LogP contribution in [0.5, 0.6) is 5.75 Å². The molecule has 1 aromatic carbocycles. The highest BCUT2D eigenvalue weighted by Gasteiger charge is 2.28. The fourth-order valence-corrected chi connectivity index (χ4v) is 3.56. The van der Waals surface area contributed by atoms with Crippen LogP contribution in [0.3, 0.4) is 0 Å². The van der Waals surface area contributed by atoms with Gasteiger partial charge in [0.1, 0.15) is 18.0 Å². The fraction of sp³-hybridized carbons (Fsp3) is 0.222. The Kier molecular flexibility index (Phi) is 5.60. The van der Waals surface area contributed by atoms with Crippen LogP contribution in [0.15, 0.2) is 52.8 Å². The molecule has 0 saturated carbocycles. The number of nitrogens with one attached hydrogen (secondary N) is 1. The van der Waals surface area contributed by atoms with Crippen LogP contribution in [0, 0.1) is 0 Å². The molecule has 0 radical (unpaired) electrons. The Morgan fingerprint density at radius 3 is 2.93 bits per heavy atom.